The molecule has 1 aromatic carbocycles. The predicted molar refractivity (Wildman–Crippen MR) is 72.3 cm³/mol. The van der Waals surface area contributed by atoms with Gasteiger partial charge in [-0.1, -0.05) is 23.7 Å². The summed E-state index contributed by atoms with van der Waals surface area (Å²) in [6.45, 7) is 1.24. The Morgan fingerprint density at radius 3 is 2.79 bits per heavy atom. The number of anilines is 1. The van der Waals surface area contributed by atoms with Crippen molar-refractivity contribution in [3.05, 3.63) is 29.3 Å². The highest BCUT2D eigenvalue weighted by Gasteiger charge is 2.28. The predicted octanol–water partition coefficient (Wildman–Crippen LogP) is 1.68. The van der Waals surface area contributed by atoms with Gasteiger partial charge in [0.15, 0.2) is 0 Å². The van der Waals surface area contributed by atoms with E-state index in [-0.39, 0.29) is 18.4 Å². The number of hydrogen-bond donors (Lipinski definition) is 2. The smallest absolute Gasteiger partial charge is 0.307 e. The molecule has 0 bridgehead atoms. The minimum absolute atomic E-state index is 0.181. The molecule has 2 rings (SSSR count). The number of carboxylic acid groups (broad SMARTS) is 1. The van der Waals surface area contributed by atoms with Gasteiger partial charge in [0.1, 0.15) is 0 Å². The van der Waals surface area contributed by atoms with Crippen LogP contribution in [0.2, 0.25) is 5.02 Å². The molecule has 1 amide bonds. The molecule has 1 unspecified atom stereocenters. The van der Waals surface area contributed by atoms with Gasteiger partial charge in [0.25, 0.3) is 0 Å². The summed E-state index contributed by atoms with van der Waals surface area (Å²) in [4.78, 5) is 24.5. The summed E-state index contributed by atoms with van der Waals surface area (Å²) in [5.41, 5.74) is 0.572. The first-order valence-electron chi connectivity index (χ1n) is 6.06. The highest BCUT2D eigenvalue weighted by Crippen LogP contribution is 2.21. The lowest BCUT2D eigenvalue weighted by Crippen LogP contribution is -2.32. The molecular weight excluding hydrogens is 268 g/mol. The minimum Gasteiger partial charge on any atom is -0.481 e. The van der Waals surface area contributed by atoms with Crippen LogP contribution in [0.1, 0.15) is 6.42 Å². The van der Waals surface area contributed by atoms with Gasteiger partial charge >= 0.3 is 5.97 Å². The Bertz CT molecular complexity index is 493. The molecule has 0 saturated carbocycles. The zero-order valence-corrected chi connectivity index (χ0v) is 11.1. The average molecular weight is 283 g/mol. The highest BCUT2D eigenvalue weighted by molar-refractivity contribution is 6.33. The second kappa shape index (κ2) is 6.04. The maximum absolute atomic E-state index is 11.8. The zero-order valence-electron chi connectivity index (χ0n) is 10.3. The fourth-order valence-corrected chi connectivity index (χ4v) is 2.32. The van der Waals surface area contributed by atoms with E-state index in [9.17, 15) is 9.59 Å². The van der Waals surface area contributed by atoms with Crippen LogP contribution in [0.5, 0.6) is 0 Å². The Morgan fingerprint density at radius 1 is 1.42 bits per heavy atom. The number of rotatable bonds is 4. The van der Waals surface area contributed by atoms with E-state index in [1.54, 1.807) is 24.3 Å². The van der Waals surface area contributed by atoms with E-state index in [2.05, 4.69) is 5.32 Å². The molecule has 1 aliphatic heterocycles. The van der Waals surface area contributed by atoms with E-state index in [0.29, 0.717) is 30.2 Å². The van der Waals surface area contributed by atoms with Crippen LogP contribution < -0.4 is 5.32 Å². The number of carboxylic acids is 1. The molecule has 19 heavy (non-hydrogen) atoms. The summed E-state index contributed by atoms with van der Waals surface area (Å²) in [5.74, 6) is -1.35. The standard InChI is InChI=1S/C13H15ClN2O3/c14-10-3-1-2-4-11(10)15-12(17)8-16-6-5-9(7-16)13(18)19/h1-4,9H,5-8H2,(H,15,17)(H,18,19). The van der Waals surface area contributed by atoms with E-state index in [1.165, 1.54) is 0 Å². The first-order valence-corrected chi connectivity index (χ1v) is 6.43. The maximum atomic E-state index is 11.8. The third-order valence-electron chi connectivity index (χ3n) is 3.14. The Morgan fingerprint density at radius 2 is 2.16 bits per heavy atom. The van der Waals surface area contributed by atoms with E-state index >= 15 is 0 Å². The maximum Gasteiger partial charge on any atom is 0.307 e. The largest absolute Gasteiger partial charge is 0.481 e. The second-order valence-corrected chi connectivity index (χ2v) is 4.99. The van der Waals surface area contributed by atoms with Crippen molar-refractivity contribution in [2.24, 2.45) is 5.92 Å². The Hall–Kier alpha value is -1.59. The number of carbonyl (C=O) groups is 2. The molecule has 6 heteroatoms. The third-order valence-corrected chi connectivity index (χ3v) is 3.47. The molecule has 102 valence electrons. The topological polar surface area (TPSA) is 69.6 Å². The number of aliphatic carboxylic acids is 1. The van der Waals surface area contributed by atoms with Crippen molar-refractivity contribution < 1.29 is 14.7 Å². The van der Waals surface area contributed by atoms with Crippen molar-refractivity contribution in [3.8, 4) is 0 Å². The number of halogens is 1. The first-order chi connectivity index (χ1) is 9.06. The average Bonchev–Trinajstić information content (AvgIpc) is 2.80. The SMILES string of the molecule is O=C(CN1CCC(C(=O)O)C1)Nc1ccccc1Cl. The number of benzene rings is 1. The van der Waals surface area contributed by atoms with Gasteiger partial charge in [-0.2, -0.15) is 0 Å². The Kier molecular flexibility index (Phi) is 4.39. The summed E-state index contributed by atoms with van der Waals surface area (Å²) in [6.07, 6.45) is 0.592. The van der Waals surface area contributed by atoms with Crippen molar-refractivity contribution in [1.82, 2.24) is 4.90 Å². The molecular formula is C13H15ClN2O3. The van der Waals surface area contributed by atoms with Crippen LogP contribution in [0.4, 0.5) is 5.69 Å². The van der Waals surface area contributed by atoms with Gasteiger partial charge in [-0.05, 0) is 25.1 Å². The van der Waals surface area contributed by atoms with Crippen LogP contribution in [0.15, 0.2) is 24.3 Å². The number of para-hydroxylation sites is 1. The van der Waals surface area contributed by atoms with Crippen LogP contribution in [0.25, 0.3) is 0 Å². The van der Waals surface area contributed by atoms with Gasteiger partial charge in [0.2, 0.25) is 5.91 Å². The van der Waals surface area contributed by atoms with E-state index in [4.69, 9.17) is 16.7 Å². The summed E-state index contributed by atoms with van der Waals surface area (Å²) in [6, 6.07) is 7.01. The van der Waals surface area contributed by atoms with Gasteiger partial charge in [-0.3, -0.25) is 14.5 Å². The molecule has 1 aromatic rings. The summed E-state index contributed by atoms with van der Waals surface area (Å²) in [7, 11) is 0. The number of nitrogens with one attached hydrogen (secondary N) is 1. The molecule has 1 aliphatic rings. The fraction of sp³-hybridized carbons (Fsp3) is 0.385. The molecule has 0 aromatic heterocycles. The monoisotopic (exact) mass is 282 g/mol. The highest BCUT2D eigenvalue weighted by atomic mass is 35.5. The number of nitrogens with zero attached hydrogens (tertiary/aromatic N) is 1. The molecule has 0 radical (unpaired) electrons. The summed E-state index contributed by atoms with van der Waals surface area (Å²) >= 11 is 5.94. The van der Waals surface area contributed by atoms with E-state index < -0.39 is 5.97 Å². The number of likely N-dealkylation sites (tertiary alicyclic amines) is 1. The molecule has 1 saturated heterocycles. The van der Waals surface area contributed by atoms with Gasteiger partial charge < -0.3 is 10.4 Å². The molecule has 0 spiro atoms. The van der Waals surface area contributed by atoms with Crippen LogP contribution >= 0.6 is 11.6 Å². The Labute approximate surface area is 116 Å². The number of carbonyl (C=O) groups excluding carboxylic acids is 1. The molecule has 5 nitrogen and oxygen atoms in total. The van der Waals surface area contributed by atoms with E-state index in [1.807, 2.05) is 4.90 Å². The summed E-state index contributed by atoms with van der Waals surface area (Å²) in [5, 5.41) is 12.1. The van der Waals surface area contributed by atoms with Crippen molar-refractivity contribution >= 4 is 29.2 Å². The van der Waals surface area contributed by atoms with Crippen LogP contribution in [-0.4, -0.2) is 41.5 Å². The lowest BCUT2D eigenvalue weighted by molar-refractivity contribution is -0.141. The quantitative estimate of drug-likeness (QED) is 0.882. The first kappa shape index (κ1) is 13.8. The van der Waals surface area contributed by atoms with Gasteiger partial charge in [0.05, 0.1) is 23.2 Å². The van der Waals surface area contributed by atoms with Crippen molar-refractivity contribution in [3.63, 3.8) is 0 Å². The lowest BCUT2D eigenvalue weighted by Gasteiger charge is -2.15. The number of amides is 1. The minimum atomic E-state index is -0.797. The fourth-order valence-electron chi connectivity index (χ4n) is 2.13. The molecule has 1 fully saturated rings. The van der Waals surface area contributed by atoms with Crippen LogP contribution in [0.3, 0.4) is 0 Å². The van der Waals surface area contributed by atoms with Crippen LogP contribution in [0, 0.1) is 5.92 Å². The molecule has 1 atom stereocenters. The molecule has 0 aliphatic carbocycles. The second-order valence-electron chi connectivity index (χ2n) is 4.59. The third kappa shape index (κ3) is 3.68. The molecule has 2 N–H and O–H groups in total. The van der Waals surface area contributed by atoms with E-state index in [0.717, 1.165) is 0 Å². The Balaban J connectivity index is 1.86. The van der Waals surface area contributed by atoms with Gasteiger partial charge in [0, 0.05) is 6.54 Å². The normalized spacial score (nSPS) is 19.3. The molecule has 1 heterocycles. The van der Waals surface area contributed by atoms with Crippen LogP contribution in [-0.2, 0) is 9.59 Å². The lowest BCUT2D eigenvalue weighted by atomic mass is 10.1. The van der Waals surface area contributed by atoms with Crippen molar-refractivity contribution in [1.29, 1.82) is 0 Å². The summed E-state index contributed by atoms with van der Waals surface area (Å²) < 4.78 is 0. The van der Waals surface area contributed by atoms with Crippen molar-refractivity contribution in [2.75, 3.05) is 25.0 Å². The zero-order chi connectivity index (χ0) is 13.8. The van der Waals surface area contributed by atoms with Crippen molar-refractivity contribution in [2.45, 2.75) is 6.42 Å². The van der Waals surface area contributed by atoms with Gasteiger partial charge in [-0.25, -0.2) is 0 Å². The van der Waals surface area contributed by atoms with Gasteiger partial charge in [-0.15, -0.1) is 0 Å². The number of hydrogen-bond acceptors (Lipinski definition) is 3.